The van der Waals surface area contributed by atoms with Crippen LogP contribution in [0.5, 0.6) is 0 Å². The molecule has 0 aliphatic rings. The van der Waals surface area contributed by atoms with Gasteiger partial charge in [0, 0.05) is 7.11 Å². The highest BCUT2D eigenvalue weighted by atomic mass is 16.5. The first-order chi connectivity index (χ1) is 3.81. The van der Waals surface area contributed by atoms with Crippen LogP contribution in [-0.4, -0.2) is 13.2 Å². The van der Waals surface area contributed by atoms with Crippen molar-refractivity contribution in [2.24, 2.45) is 0 Å². The summed E-state index contributed by atoms with van der Waals surface area (Å²) in [6.45, 7) is 4.22. The Hall–Kier alpha value is -0.0400. The van der Waals surface area contributed by atoms with E-state index in [0.717, 1.165) is 12.8 Å². The normalized spacial score (nSPS) is 13.9. The Balaban J connectivity index is 2.86. The zero-order chi connectivity index (χ0) is 6.41. The molecule has 0 N–H and O–H groups in total. The molecule has 0 amide bonds. The van der Waals surface area contributed by atoms with Gasteiger partial charge in [-0.15, -0.1) is 0 Å². The third-order valence-electron chi connectivity index (χ3n) is 1.19. The van der Waals surface area contributed by atoms with Crippen LogP contribution < -0.4 is 0 Å². The van der Waals surface area contributed by atoms with Crippen LogP contribution in [0.2, 0.25) is 0 Å². The second-order valence-corrected chi connectivity index (χ2v) is 1.98. The predicted molar refractivity (Wildman–Crippen MR) is 35.7 cm³/mol. The molecule has 1 radical (unpaired) electrons. The summed E-state index contributed by atoms with van der Waals surface area (Å²) in [4.78, 5) is 0. The van der Waals surface area contributed by atoms with Crippen LogP contribution in [0.4, 0.5) is 0 Å². The zero-order valence-electron chi connectivity index (χ0n) is 5.98. The van der Waals surface area contributed by atoms with Crippen molar-refractivity contribution in [3.05, 3.63) is 6.42 Å². The van der Waals surface area contributed by atoms with E-state index < -0.39 is 0 Å². The summed E-state index contributed by atoms with van der Waals surface area (Å²) in [6.07, 6.45) is 4.85. The first kappa shape index (κ1) is 7.96. The molecule has 0 aromatic carbocycles. The number of ether oxygens (including phenoxy) is 1. The minimum absolute atomic E-state index is 0.398. The molecule has 0 aromatic heterocycles. The van der Waals surface area contributed by atoms with Crippen molar-refractivity contribution in [1.82, 2.24) is 0 Å². The molecule has 1 nitrogen and oxygen atoms in total. The van der Waals surface area contributed by atoms with E-state index in [1.807, 2.05) is 0 Å². The summed E-state index contributed by atoms with van der Waals surface area (Å²) >= 11 is 0. The Bertz CT molecular complexity index is 43.7. The van der Waals surface area contributed by atoms with Crippen molar-refractivity contribution in [2.45, 2.75) is 32.8 Å². The SMILES string of the molecule is CC[CH]CC(C)OC. The van der Waals surface area contributed by atoms with Crippen molar-refractivity contribution < 1.29 is 4.74 Å². The van der Waals surface area contributed by atoms with Crippen LogP contribution in [0.25, 0.3) is 0 Å². The van der Waals surface area contributed by atoms with Crippen LogP contribution in [0.1, 0.15) is 26.7 Å². The molecule has 1 atom stereocenters. The molecule has 0 aliphatic carbocycles. The topological polar surface area (TPSA) is 9.23 Å². The van der Waals surface area contributed by atoms with Gasteiger partial charge in [0.2, 0.25) is 0 Å². The number of rotatable bonds is 4. The molecule has 0 fully saturated rings. The third kappa shape index (κ3) is 4.13. The van der Waals surface area contributed by atoms with Gasteiger partial charge in [0.25, 0.3) is 0 Å². The molecule has 8 heavy (non-hydrogen) atoms. The molecule has 1 heteroatoms. The number of hydrogen-bond acceptors (Lipinski definition) is 1. The van der Waals surface area contributed by atoms with E-state index in [9.17, 15) is 0 Å². The van der Waals surface area contributed by atoms with Gasteiger partial charge >= 0.3 is 0 Å². The van der Waals surface area contributed by atoms with E-state index in [1.165, 1.54) is 0 Å². The Morgan fingerprint density at radius 2 is 2.25 bits per heavy atom. The van der Waals surface area contributed by atoms with E-state index >= 15 is 0 Å². The van der Waals surface area contributed by atoms with Crippen LogP contribution in [0.15, 0.2) is 0 Å². The maximum Gasteiger partial charge on any atom is 0.0546 e. The number of unbranched alkanes of at least 4 members (excludes halogenated alkanes) is 1. The lowest BCUT2D eigenvalue weighted by Gasteiger charge is -2.05. The summed E-state index contributed by atoms with van der Waals surface area (Å²) in [6, 6.07) is 0. The quantitative estimate of drug-likeness (QED) is 0.544. The molecular formula is C7H15O. The lowest BCUT2D eigenvalue weighted by molar-refractivity contribution is 0.117. The summed E-state index contributed by atoms with van der Waals surface area (Å²) in [5.74, 6) is 0. The fourth-order valence-electron chi connectivity index (χ4n) is 0.498. The van der Waals surface area contributed by atoms with E-state index in [4.69, 9.17) is 4.74 Å². The molecule has 1 unspecified atom stereocenters. The highest BCUT2D eigenvalue weighted by Gasteiger charge is 1.95. The van der Waals surface area contributed by atoms with Gasteiger partial charge in [0.1, 0.15) is 0 Å². The van der Waals surface area contributed by atoms with Crippen LogP contribution in [-0.2, 0) is 4.74 Å². The Kier molecular flexibility index (Phi) is 5.08. The Labute approximate surface area is 52.0 Å². The average Bonchev–Trinajstić information content (AvgIpc) is 1.83. The molecule has 49 valence electrons. The van der Waals surface area contributed by atoms with Gasteiger partial charge in [-0.3, -0.25) is 0 Å². The van der Waals surface area contributed by atoms with Crippen LogP contribution in [0, 0.1) is 6.42 Å². The van der Waals surface area contributed by atoms with Crippen molar-refractivity contribution in [3.8, 4) is 0 Å². The van der Waals surface area contributed by atoms with Gasteiger partial charge < -0.3 is 4.74 Å². The van der Waals surface area contributed by atoms with Crippen molar-refractivity contribution in [2.75, 3.05) is 7.11 Å². The standard InChI is InChI=1S/C7H15O/c1-4-5-6-7(2)8-3/h5,7H,4,6H2,1-3H3. The third-order valence-corrected chi connectivity index (χ3v) is 1.19. The monoisotopic (exact) mass is 115 g/mol. The first-order valence-electron chi connectivity index (χ1n) is 3.15. The van der Waals surface area contributed by atoms with Crippen LogP contribution >= 0.6 is 0 Å². The lowest BCUT2D eigenvalue weighted by Crippen LogP contribution is -2.03. The second kappa shape index (κ2) is 5.10. The molecule has 0 spiro atoms. The summed E-state index contributed by atoms with van der Waals surface area (Å²) in [5.41, 5.74) is 0. The van der Waals surface area contributed by atoms with Crippen molar-refractivity contribution in [1.29, 1.82) is 0 Å². The summed E-state index contributed by atoms with van der Waals surface area (Å²) in [5, 5.41) is 0. The first-order valence-corrected chi connectivity index (χ1v) is 3.15. The van der Waals surface area contributed by atoms with Gasteiger partial charge in [-0.25, -0.2) is 0 Å². The van der Waals surface area contributed by atoms with Gasteiger partial charge in [-0.05, 0) is 19.8 Å². The van der Waals surface area contributed by atoms with E-state index in [2.05, 4.69) is 20.3 Å². The van der Waals surface area contributed by atoms with E-state index in [-0.39, 0.29) is 0 Å². The fourth-order valence-corrected chi connectivity index (χ4v) is 0.498. The van der Waals surface area contributed by atoms with Crippen molar-refractivity contribution in [3.63, 3.8) is 0 Å². The average molecular weight is 115 g/mol. The lowest BCUT2D eigenvalue weighted by atomic mass is 10.2. The molecule has 0 aliphatic heterocycles. The minimum atomic E-state index is 0.398. The number of methoxy groups -OCH3 is 1. The Morgan fingerprint density at radius 1 is 1.62 bits per heavy atom. The minimum Gasteiger partial charge on any atom is -0.382 e. The smallest absolute Gasteiger partial charge is 0.0546 e. The Morgan fingerprint density at radius 3 is 2.62 bits per heavy atom. The van der Waals surface area contributed by atoms with Gasteiger partial charge in [0.15, 0.2) is 0 Å². The van der Waals surface area contributed by atoms with Gasteiger partial charge in [0.05, 0.1) is 6.10 Å². The number of hydrogen-bond donors (Lipinski definition) is 0. The highest BCUT2D eigenvalue weighted by molar-refractivity contribution is 4.65. The maximum atomic E-state index is 5.02. The molecule has 0 bridgehead atoms. The van der Waals surface area contributed by atoms with E-state index in [1.54, 1.807) is 7.11 Å². The molecule has 0 saturated carbocycles. The van der Waals surface area contributed by atoms with Gasteiger partial charge in [-0.2, -0.15) is 0 Å². The largest absolute Gasteiger partial charge is 0.382 e. The van der Waals surface area contributed by atoms with Gasteiger partial charge in [-0.1, -0.05) is 13.3 Å². The maximum absolute atomic E-state index is 5.02. The highest BCUT2D eigenvalue weighted by Crippen LogP contribution is 1.99. The van der Waals surface area contributed by atoms with Crippen molar-refractivity contribution >= 4 is 0 Å². The van der Waals surface area contributed by atoms with E-state index in [0.29, 0.717) is 6.10 Å². The molecule has 0 aromatic rings. The summed E-state index contributed by atoms with van der Waals surface area (Å²) < 4.78 is 5.02. The fraction of sp³-hybridized carbons (Fsp3) is 0.857. The predicted octanol–water partition coefficient (Wildman–Crippen LogP) is 2.03. The second-order valence-electron chi connectivity index (χ2n) is 1.98. The molecular weight excluding hydrogens is 100 g/mol. The zero-order valence-corrected chi connectivity index (χ0v) is 5.98. The molecule has 0 saturated heterocycles. The van der Waals surface area contributed by atoms with Crippen LogP contribution in [0.3, 0.4) is 0 Å². The summed E-state index contributed by atoms with van der Waals surface area (Å²) in [7, 11) is 1.74. The molecule has 0 heterocycles. The molecule has 0 rings (SSSR count).